The van der Waals surface area contributed by atoms with E-state index in [-0.39, 0.29) is 5.54 Å². The molecule has 15 heavy (non-hydrogen) atoms. The summed E-state index contributed by atoms with van der Waals surface area (Å²) in [4.78, 5) is 3.40. The Morgan fingerprint density at radius 3 is 2.60 bits per heavy atom. The number of hydrogen-bond donors (Lipinski definition) is 2. The van der Waals surface area contributed by atoms with E-state index in [2.05, 4.69) is 34.3 Å². The molecule has 2 fully saturated rings. The largest absolute Gasteiger partial charge is 0.327 e. The monoisotopic (exact) mass is 206 g/mol. The number of aromatic nitrogens is 3. The number of rotatable bonds is 4. The highest BCUT2D eigenvalue weighted by Crippen LogP contribution is 2.45. The third-order valence-corrected chi connectivity index (χ3v) is 3.24. The second-order valence-corrected chi connectivity index (χ2v) is 5.21. The third kappa shape index (κ3) is 1.67. The Morgan fingerprint density at radius 2 is 2.07 bits per heavy atom. The van der Waals surface area contributed by atoms with Gasteiger partial charge in [0.1, 0.15) is 5.82 Å². The molecule has 0 spiro atoms. The zero-order chi connectivity index (χ0) is 10.5. The highest BCUT2D eigenvalue weighted by molar-refractivity contribution is 5.18. The number of aromatic amines is 1. The van der Waals surface area contributed by atoms with E-state index in [9.17, 15) is 0 Å². The molecule has 0 unspecified atom stereocenters. The van der Waals surface area contributed by atoms with E-state index in [1.54, 1.807) is 0 Å². The second-order valence-electron chi connectivity index (χ2n) is 5.21. The van der Waals surface area contributed by atoms with Crippen LogP contribution in [-0.2, 0) is 5.54 Å². The van der Waals surface area contributed by atoms with Crippen molar-refractivity contribution in [3.8, 4) is 0 Å². The van der Waals surface area contributed by atoms with Gasteiger partial charge < -0.3 is 10.3 Å². The quantitative estimate of drug-likeness (QED) is 0.788. The fraction of sp³-hybridized carbons (Fsp3) is 0.818. The lowest BCUT2D eigenvalue weighted by Gasteiger charge is -2.17. The zero-order valence-corrected chi connectivity index (χ0v) is 9.38. The maximum Gasteiger partial charge on any atom is 0.150 e. The zero-order valence-electron chi connectivity index (χ0n) is 9.38. The first-order chi connectivity index (χ1) is 7.20. The highest BCUT2D eigenvalue weighted by atomic mass is 15.3. The number of nitrogens with zero attached hydrogens (tertiary/aromatic N) is 2. The van der Waals surface area contributed by atoms with Crippen LogP contribution in [0.3, 0.4) is 0 Å². The van der Waals surface area contributed by atoms with Crippen molar-refractivity contribution < 1.29 is 0 Å². The lowest BCUT2D eigenvalue weighted by Crippen LogP contribution is -2.35. The number of nitrogens with one attached hydrogen (secondary N) is 2. The topological polar surface area (TPSA) is 53.6 Å². The van der Waals surface area contributed by atoms with Crippen LogP contribution in [0.2, 0.25) is 0 Å². The minimum atomic E-state index is 0.119. The average molecular weight is 206 g/mol. The van der Waals surface area contributed by atoms with Gasteiger partial charge in [-0.2, -0.15) is 0 Å². The number of H-pyrrole nitrogens is 1. The normalized spacial score (nSPS) is 23.4. The van der Waals surface area contributed by atoms with Crippen molar-refractivity contribution in [2.75, 3.05) is 0 Å². The van der Waals surface area contributed by atoms with E-state index >= 15 is 0 Å². The molecule has 0 aromatic carbocycles. The van der Waals surface area contributed by atoms with Crippen LogP contribution < -0.4 is 5.32 Å². The van der Waals surface area contributed by atoms with Gasteiger partial charge in [0.2, 0.25) is 0 Å². The van der Waals surface area contributed by atoms with Crippen molar-refractivity contribution in [1.82, 2.24) is 20.5 Å². The third-order valence-electron chi connectivity index (χ3n) is 3.24. The molecule has 1 heterocycles. The SMILES string of the molecule is CC(C)NC1(c2nnc(C3CC3)[nH]2)CC1. The standard InChI is InChI=1S/C11H18N4/c1-7(2)13-11(5-6-11)10-12-9(14-15-10)8-3-4-8/h7-8,13H,3-6H2,1-2H3,(H,12,14,15). The van der Waals surface area contributed by atoms with Crippen LogP contribution >= 0.6 is 0 Å². The van der Waals surface area contributed by atoms with Gasteiger partial charge in [-0.05, 0) is 39.5 Å². The summed E-state index contributed by atoms with van der Waals surface area (Å²) < 4.78 is 0. The first-order valence-electron chi connectivity index (χ1n) is 5.90. The first-order valence-corrected chi connectivity index (χ1v) is 5.90. The van der Waals surface area contributed by atoms with Crippen molar-refractivity contribution in [3.63, 3.8) is 0 Å². The second kappa shape index (κ2) is 3.04. The van der Waals surface area contributed by atoms with Gasteiger partial charge in [0.15, 0.2) is 5.82 Å². The minimum Gasteiger partial charge on any atom is -0.327 e. The van der Waals surface area contributed by atoms with Crippen LogP contribution in [0.15, 0.2) is 0 Å². The molecule has 0 aliphatic heterocycles. The first kappa shape index (κ1) is 9.33. The molecule has 0 saturated heterocycles. The molecule has 0 atom stereocenters. The maximum atomic E-state index is 4.30. The van der Waals surface area contributed by atoms with Crippen LogP contribution in [0.25, 0.3) is 0 Å². The van der Waals surface area contributed by atoms with E-state index < -0.39 is 0 Å². The Hall–Kier alpha value is -0.900. The Balaban J connectivity index is 1.79. The lowest BCUT2D eigenvalue weighted by molar-refractivity contribution is 0.442. The Labute approximate surface area is 89.9 Å². The van der Waals surface area contributed by atoms with Crippen molar-refractivity contribution in [2.24, 2.45) is 0 Å². The summed E-state index contributed by atoms with van der Waals surface area (Å²) in [5.41, 5.74) is 0.119. The van der Waals surface area contributed by atoms with E-state index in [0.29, 0.717) is 12.0 Å². The molecule has 3 rings (SSSR count). The van der Waals surface area contributed by atoms with Crippen LogP contribution in [0.5, 0.6) is 0 Å². The summed E-state index contributed by atoms with van der Waals surface area (Å²) >= 11 is 0. The minimum absolute atomic E-state index is 0.119. The van der Waals surface area contributed by atoms with E-state index in [0.717, 1.165) is 11.6 Å². The van der Waals surface area contributed by atoms with Crippen LogP contribution in [0.4, 0.5) is 0 Å². The molecule has 0 bridgehead atoms. The summed E-state index contributed by atoms with van der Waals surface area (Å²) in [6.07, 6.45) is 4.92. The van der Waals surface area contributed by atoms with Gasteiger partial charge in [0.25, 0.3) is 0 Å². The summed E-state index contributed by atoms with van der Waals surface area (Å²) in [5.74, 6) is 2.82. The van der Waals surface area contributed by atoms with E-state index in [4.69, 9.17) is 0 Å². The van der Waals surface area contributed by atoms with Gasteiger partial charge in [0, 0.05) is 12.0 Å². The van der Waals surface area contributed by atoms with Crippen molar-refractivity contribution >= 4 is 0 Å². The summed E-state index contributed by atoms with van der Waals surface area (Å²) in [6.45, 7) is 4.36. The Kier molecular flexibility index (Phi) is 1.89. The fourth-order valence-electron chi connectivity index (χ4n) is 2.16. The molecular formula is C11H18N4. The van der Waals surface area contributed by atoms with E-state index in [1.165, 1.54) is 25.7 Å². The molecule has 0 radical (unpaired) electrons. The average Bonchev–Trinajstić information content (AvgIpc) is 3.09. The molecular weight excluding hydrogens is 188 g/mol. The molecule has 2 aliphatic carbocycles. The summed E-state index contributed by atoms with van der Waals surface area (Å²) in [5, 5.41) is 12.1. The molecule has 82 valence electrons. The van der Waals surface area contributed by atoms with Gasteiger partial charge >= 0.3 is 0 Å². The van der Waals surface area contributed by atoms with Crippen LogP contribution in [0.1, 0.15) is 57.1 Å². The Morgan fingerprint density at radius 1 is 1.33 bits per heavy atom. The fourth-order valence-corrected chi connectivity index (χ4v) is 2.16. The molecule has 1 aromatic rings. The van der Waals surface area contributed by atoms with Crippen molar-refractivity contribution in [1.29, 1.82) is 0 Å². The molecule has 4 heteroatoms. The molecule has 2 N–H and O–H groups in total. The summed E-state index contributed by atoms with van der Waals surface area (Å²) in [6, 6.07) is 0.502. The molecule has 1 aromatic heterocycles. The molecule has 0 amide bonds. The summed E-state index contributed by atoms with van der Waals surface area (Å²) in [7, 11) is 0. The van der Waals surface area contributed by atoms with Crippen molar-refractivity contribution in [3.05, 3.63) is 11.6 Å². The molecule has 4 nitrogen and oxygen atoms in total. The van der Waals surface area contributed by atoms with Gasteiger partial charge in [-0.15, -0.1) is 10.2 Å². The molecule has 2 saturated carbocycles. The van der Waals surface area contributed by atoms with Gasteiger partial charge in [-0.1, -0.05) is 0 Å². The van der Waals surface area contributed by atoms with Crippen LogP contribution in [-0.4, -0.2) is 21.2 Å². The highest BCUT2D eigenvalue weighted by Gasteiger charge is 2.48. The predicted octanol–water partition coefficient (Wildman–Crippen LogP) is 1.67. The smallest absolute Gasteiger partial charge is 0.150 e. The van der Waals surface area contributed by atoms with Crippen molar-refractivity contribution in [2.45, 2.75) is 57.0 Å². The van der Waals surface area contributed by atoms with Gasteiger partial charge in [0.05, 0.1) is 5.54 Å². The van der Waals surface area contributed by atoms with Gasteiger partial charge in [-0.25, -0.2) is 0 Å². The van der Waals surface area contributed by atoms with Gasteiger partial charge in [-0.3, -0.25) is 0 Å². The lowest BCUT2D eigenvalue weighted by atomic mass is 10.2. The van der Waals surface area contributed by atoms with E-state index in [1.807, 2.05) is 0 Å². The predicted molar refractivity (Wildman–Crippen MR) is 57.5 cm³/mol. The Bertz CT molecular complexity index is 360. The number of hydrogen-bond acceptors (Lipinski definition) is 3. The maximum absolute atomic E-state index is 4.30. The molecule has 2 aliphatic rings. The van der Waals surface area contributed by atoms with Crippen LogP contribution in [0, 0.1) is 0 Å².